The summed E-state index contributed by atoms with van der Waals surface area (Å²) in [4.78, 5) is 0. The number of aryl methyl sites for hydroxylation is 2. The molecule has 0 bridgehead atoms. The van der Waals surface area contributed by atoms with Crippen LogP contribution in [0.25, 0.3) is 0 Å². The van der Waals surface area contributed by atoms with Gasteiger partial charge in [0.2, 0.25) is 0 Å². The molecule has 0 spiro atoms. The van der Waals surface area contributed by atoms with Crippen molar-refractivity contribution in [3.63, 3.8) is 0 Å². The van der Waals surface area contributed by atoms with E-state index in [2.05, 4.69) is 51.1 Å². The molecule has 3 nitrogen and oxygen atoms in total. The van der Waals surface area contributed by atoms with Gasteiger partial charge in [-0.2, -0.15) is 5.10 Å². The molecule has 1 unspecified atom stereocenters. The van der Waals surface area contributed by atoms with Crippen molar-refractivity contribution >= 4 is 0 Å². The Kier molecular flexibility index (Phi) is 4.75. The molecule has 1 atom stereocenters. The van der Waals surface area contributed by atoms with Gasteiger partial charge in [0.25, 0.3) is 0 Å². The molecule has 0 aliphatic carbocycles. The van der Waals surface area contributed by atoms with Crippen LogP contribution in [-0.4, -0.2) is 22.4 Å². The SMILES string of the molecule is CCCNC(Cc1cc(C)nn1C)C(C)(C)C. The van der Waals surface area contributed by atoms with Crippen LogP contribution in [0.2, 0.25) is 0 Å². The highest BCUT2D eigenvalue weighted by Gasteiger charge is 2.25. The number of aromatic nitrogens is 2. The molecule has 1 rings (SSSR count). The number of hydrogen-bond donors (Lipinski definition) is 1. The van der Waals surface area contributed by atoms with E-state index in [0.29, 0.717) is 6.04 Å². The Hall–Kier alpha value is -0.830. The first-order chi connectivity index (χ1) is 7.84. The molecule has 0 aliphatic rings. The number of rotatable bonds is 5. The second-order valence-corrected chi connectivity index (χ2v) is 5.98. The van der Waals surface area contributed by atoms with Crippen LogP contribution < -0.4 is 5.32 Å². The zero-order valence-corrected chi connectivity index (χ0v) is 12.2. The summed E-state index contributed by atoms with van der Waals surface area (Å²) in [5.74, 6) is 0. The summed E-state index contributed by atoms with van der Waals surface area (Å²) in [7, 11) is 2.03. The quantitative estimate of drug-likeness (QED) is 0.853. The standard InChI is InChI=1S/C14H27N3/c1-7-8-15-13(14(3,4)5)10-12-9-11(2)16-17(12)6/h9,13,15H,7-8,10H2,1-6H3. The minimum absolute atomic E-state index is 0.271. The number of nitrogens with one attached hydrogen (secondary N) is 1. The largest absolute Gasteiger partial charge is 0.313 e. The average molecular weight is 237 g/mol. The molecular weight excluding hydrogens is 210 g/mol. The van der Waals surface area contributed by atoms with Gasteiger partial charge >= 0.3 is 0 Å². The highest BCUT2D eigenvalue weighted by molar-refractivity contribution is 5.11. The van der Waals surface area contributed by atoms with Gasteiger partial charge in [0.1, 0.15) is 0 Å². The van der Waals surface area contributed by atoms with Crippen molar-refractivity contribution in [2.24, 2.45) is 12.5 Å². The van der Waals surface area contributed by atoms with Crippen molar-refractivity contribution in [1.29, 1.82) is 0 Å². The van der Waals surface area contributed by atoms with Crippen molar-refractivity contribution < 1.29 is 0 Å². The van der Waals surface area contributed by atoms with Gasteiger partial charge in [-0.05, 0) is 31.4 Å². The average Bonchev–Trinajstić information content (AvgIpc) is 2.50. The Balaban J connectivity index is 2.75. The molecule has 1 heterocycles. The zero-order chi connectivity index (χ0) is 13.1. The van der Waals surface area contributed by atoms with Gasteiger partial charge in [-0.1, -0.05) is 27.7 Å². The maximum Gasteiger partial charge on any atom is 0.0596 e. The lowest BCUT2D eigenvalue weighted by Crippen LogP contribution is -2.42. The van der Waals surface area contributed by atoms with Crippen molar-refractivity contribution in [2.75, 3.05) is 6.54 Å². The van der Waals surface area contributed by atoms with Crippen LogP contribution in [0, 0.1) is 12.3 Å². The highest BCUT2D eigenvalue weighted by Crippen LogP contribution is 2.22. The van der Waals surface area contributed by atoms with E-state index in [-0.39, 0.29) is 5.41 Å². The molecule has 0 amide bonds. The van der Waals surface area contributed by atoms with E-state index in [1.54, 1.807) is 0 Å². The molecular formula is C14H27N3. The summed E-state index contributed by atoms with van der Waals surface area (Å²) in [6, 6.07) is 2.68. The zero-order valence-electron chi connectivity index (χ0n) is 12.2. The van der Waals surface area contributed by atoms with E-state index >= 15 is 0 Å². The molecule has 1 aromatic heterocycles. The van der Waals surface area contributed by atoms with Gasteiger partial charge in [-0.15, -0.1) is 0 Å². The Bertz CT molecular complexity index is 347. The molecule has 0 fully saturated rings. The first-order valence-corrected chi connectivity index (χ1v) is 6.57. The van der Waals surface area contributed by atoms with Gasteiger partial charge in [0, 0.05) is 25.2 Å². The topological polar surface area (TPSA) is 29.9 Å². The molecule has 3 heteroatoms. The predicted octanol–water partition coefficient (Wildman–Crippen LogP) is 2.69. The van der Waals surface area contributed by atoms with Crippen molar-refractivity contribution in [3.8, 4) is 0 Å². The normalized spacial score (nSPS) is 14.0. The minimum Gasteiger partial charge on any atom is -0.313 e. The van der Waals surface area contributed by atoms with Gasteiger partial charge in [-0.3, -0.25) is 4.68 Å². The van der Waals surface area contributed by atoms with E-state index in [4.69, 9.17) is 0 Å². The number of nitrogens with zero attached hydrogens (tertiary/aromatic N) is 2. The maximum absolute atomic E-state index is 4.42. The van der Waals surface area contributed by atoms with E-state index in [9.17, 15) is 0 Å². The van der Waals surface area contributed by atoms with E-state index < -0.39 is 0 Å². The van der Waals surface area contributed by atoms with Crippen LogP contribution >= 0.6 is 0 Å². The smallest absolute Gasteiger partial charge is 0.0596 e. The molecule has 0 aromatic carbocycles. The summed E-state index contributed by atoms with van der Waals surface area (Å²) in [6.45, 7) is 12.2. The summed E-state index contributed by atoms with van der Waals surface area (Å²) in [6.07, 6.45) is 2.22. The summed E-state index contributed by atoms with van der Waals surface area (Å²) >= 11 is 0. The van der Waals surface area contributed by atoms with Crippen molar-refractivity contribution in [1.82, 2.24) is 15.1 Å². The molecule has 0 radical (unpaired) electrons. The fourth-order valence-corrected chi connectivity index (χ4v) is 2.07. The van der Waals surface area contributed by atoms with Crippen LogP contribution in [0.15, 0.2) is 6.07 Å². The van der Waals surface area contributed by atoms with E-state index in [0.717, 1.165) is 18.7 Å². The fraction of sp³-hybridized carbons (Fsp3) is 0.786. The Morgan fingerprint density at radius 3 is 2.47 bits per heavy atom. The Labute approximate surface area is 106 Å². The monoisotopic (exact) mass is 237 g/mol. The summed E-state index contributed by atoms with van der Waals surface area (Å²) < 4.78 is 2.00. The van der Waals surface area contributed by atoms with Gasteiger partial charge in [0.05, 0.1) is 5.69 Å². The van der Waals surface area contributed by atoms with Gasteiger partial charge in [0.15, 0.2) is 0 Å². The predicted molar refractivity (Wildman–Crippen MR) is 73.2 cm³/mol. The molecule has 17 heavy (non-hydrogen) atoms. The lowest BCUT2D eigenvalue weighted by atomic mass is 9.84. The minimum atomic E-state index is 0.271. The first-order valence-electron chi connectivity index (χ1n) is 6.57. The third kappa shape index (κ3) is 4.15. The fourth-order valence-electron chi connectivity index (χ4n) is 2.07. The van der Waals surface area contributed by atoms with Crippen LogP contribution in [0.4, 0.5) is 0 Å². The van der Waals surface area contributed by atoms with Gasteiger partial charge in [-0.25, -0.2) is 0 Å². The van der Waals surface area contributed by atoms with Gasteiger partial charge < -0.3 is 5.32 Å². The first kappa shape index (κ1) is 14.2. The second kappa shape index (κ2) is 5.67. The Morgan fingerprint density at radius 2 is 2.06 bits per heavy atom. The summed E-state index contributed by atoms with van der Waals surface area (Å²) in [5.41, 5.74) is 2.68. The van der Waals surface area contributed by atoms with Crippen molar-refractivity contribution in [2.45, 2.75) is 53.5 Å². The van der Waals surface area contributed by atoms with Crippen LogP contribution in [0.5, 0.6) is 0 Å². The third-order valence-corrected chi connectivity index (χ3v) is 3.20. The van der Waals surface area contributed by atoms with Crippen LogP contribution in [0.1, 0.15) is 45.5 Å². The molecule has 98 valence electrons. The molecule has 0 aliphatic heterocycles. The van der Waals surface area contributed by atoms with Crippen molar-refractivity contribution in [3.05, 3.63) is 17.5 Å². The highest BCUT2D eigenvalue weighted by atomic mass is 15.3. The maximum atomic E-state index is 4.42. The summed E-state index contributed by atoms with van der Waals surface area (Å²) in [5, 5.41) is 8.07. The van der Waals surface area contributed by atoms with Crippen LogP contribution in [-0.2, 0) is 13.5 Å². The Morgan fingerprint density at radius 1 is 1.41 bits per heavy atom. The lowest BCUT2D eigenvalue weighted by Gasteiger charge is -2.31. The number of hydrogen-bond acceptors (Lipinski definition) is 2. The molecule has 0 saturated carbocycles. The van der Waals surface area contributed by atoms with E-state index in [1.165, 1.54) is 12.1 Å². The van der Waals surface area contributed by atoms with E-state index in [1.807, 2.05) is 11.7 Å². The molecule has 1 aromatic rings. The van der Waals surface area contributed by atoms with Crippen LogP contribution in [0.3, 0.4) is 0 Å². The molecule has 1 N–H and O–H groups in total. The third-order valence-electron chi connectivity index (χ3n) is 3.20. The molecule has 0 saturated heterocycles. The lowest BCUT2D eigenvalue weighted by molar-refractivity contribution is 0.263. The second-order valence-electron chi connectivity index (χ2n) is 5.98.